The molecule has 1 aromatic carbocycles. The smallest absolute Gasteiger partial charge is 0.192 e. The molecule has 178 valence electrons. The van der Waals surface area contributed by atoms with Gasteiger partial charge in [-0.15, -0.1) is 0 Å². The van der Waals surface area contributed by atoms with E-state index in [0.29, 0.717) is 17.9 Å². The van der Waals surface area contributed by atoms with Crippen LogP contribution in [0.5, 0.6) is 5.75 Å². The molecule has 1 heterocycles. The average Bonchev–Trinajstić information content (AvgIpc) is 2.62. The number of halogens is 3. The van der Waals surface area contributed by atoms with E-state index >= 15 is 0 Å². The largest absolute Gasteiger partial charge is 0.491 e. The highest BCUT2D eigenvalue weighted by Crippen LogP contribution is 2.39. The maximum atomic E-state index is 14.6. The summed E-state index contributed by atoms with van der Waals surface area (Å²) in [4.78, 5) is 8.36. The number of ether oxygens (including phenoxy) is 1. The molecule has 4 nitrogen and oxygen atoms in total. The van der Waals surface area contributed by atoms with Crippen molar-refractivity contribution in [2.45, 2.75) is 79.1 Å². The summed E-state index contributed by atoms with van der Waals surface area (Å²) in [7, 11) is -1.99. The van der Waals surface area contributed by atoms with Gasteiger partial charge in [-0.3, -0.25) is 0 Å². The van der Waals surface area contributed by atoms with Crippen LogP contribution >= 0.6 is 23.2 Å². The topological polar surface area (TPSA) is 44.2 Å². The van der Waals surface area contributed by atoms with Crippen LogP contribution in [0.25, 0.3) is 11.4 Å². The fraction of sp³-hybridized carbons (Fsp3) is 0.583. The van der Waals surface area contributed by atoms with Crippen LogP contribution in [0.4, 0.5) is 4.39 Å². The summed E-state index contributed by atoms with van der Waals surface area (Å²) in [6.45, 7) is 19.8. The third-order valence-corrected chi connectivity index (χ3v) is 11.0. The highest BCUT2D eigenvalue weighted by atomic mass is 35.5. The van der Waals surface area contributed by atoms with Crippen LogP contribution in [-0.4, -0.2) is 31.0 Å². The second-order valence-electron chi connectivity index (χ2n) is 11.0. The van der Waals surface area contributed by atoms with Crippen molar-refractivity contribution in [1.82, 2.24) is 9.97 Å². The minimum absolute atomic E-state index is 0.0770. The zero-order valence-corrected chi connectivity index (χ0v) is 23.1. The van der Waals surface area contributed by atoms with Crippen molar-refractivity contribution < 1.29 is 13.6 Å². The van der Waals surface area contributed by atoms with Crippen LogP contribution in [-0.2, 0) is 4.43 Å². The second kappa shape index (κ2) is 9.96. The molecule has 0 aliphatic carbocycles. The lowest BCUT2D eigenvalue weighted by Crippen LogP contribution is -2.46. The van der Waals surface area contributed by atoms with Crippen LogP contribution in [0.1, 0.15) is 53.5 Å². The molecule has 2 rings (SSSR count). The molecule has 0 radical (unpaired) electrons. The Morgan fingerprint density at radius 2 is 1.59 bits per heavy atom. The molecule has 0 unspecified atom stereocenters. The molecule has 0 amide bonds. The van der Waals surface area contributed by atoms with E-state index in [4.69, 9.17) is 32.4 Å². The van der Waals surface area contributed by atoms with Crippen LogP contribution in [0.3, 0.4) is 0 Å². The maximum absolute atomic E-state index is 14.6. The lowest BCUT2D eigenvalue weighted by molar-refractivity contribution is 0.0789. The summed E-state index contributed by atoms with van der Waals surface area (Å²) < 4.78 is 27.3. The lowest BCUT2D eigenvalue weighted by Gasteiger charge is -2.40. The average molecular weight is 502 g/mol. The van der Waals surface area contributed by atoms with Gasteiger partial charge >= 0.3 is 0 Å². The number of nitrogens with zero attached hydrogens (tertiary/aromatic N) is 2. The predicted molar refractivity (Wildman–Crippen MR) is 134 cm³/mol. The Kier molecular flexibility index (Phi) is 8.41. The summed E-state index contributed by atoms with van der Waals surface area (Å²) in [6, 6.07) is 4.51. The minimum Gasteiger partial charge on any atom is -0.491 e. The fourth-order valence-electron chi connectivity index (χ4n) is 2.95. The van der Waals surface area contributed by atoms with E-state index in [2.05, 4.69) is 64.6 Å². The number of hydrogen-bond donors (Lipinski definition) is 0. The summed E-state index contributed by atoms with van der Waals surface area (Å²) in [6.07, 6.45) is 0.767. The molecule has 0 N–H and O–H groups in total. The first-order valence-electron chi connectivity index (χ1n) is 10.8. The monoisotopic (exact) mass is 500 g/mol. The third kappa shape index (κ3) is 7.14. The Bertz CT molecular complexity index is 933. The van der Waals surface area contributed by atoms with Gasteiger partial charge in [-0.2, -0.15) is 0 Å². The first-order chi connectivity index (χ1) is 14.5. The quantitative estimate of drug-likeness (QED) is 0.284. The molecular formula is C24H35Cl2FN2O2Si. The molecule has 0 fully saturated rings. The van der Waals surface area contributed by atoms with Gasteiger partial charge in [0.25, 0.3) is 0 Å². The van der Waals surface area contributed by atoms with E-state index < -0.39 is 14.1 Å². The van der Waals surface area contributed by atoms with E-state index in [1.165, 1.54) is 6.07 Å². The van der Waals surface area contributed by atoms with Crippen molar-refractivity contribution in [3.05, 3.63) is 39.9 Å². The Morgan fingerprint density at radius 3 is 2.09 bits per heavy atom. The molecule has 8 heteroatoms. The second-order valence-corrected chi connectivity index (χ2v) is 16.4. The Labute approximate surface area is 203 Å². The minimum atomic E-state index is -1.99. The van der Waals surface area contributed by atoms with Crippen molar-refractivity contribution >= 4 is 31.5 Å². The number of hydrogen-bond acceptors (Lipinski definition) is 4. The third-order valence-electron chi connectivity index (χ3n) is 5.75. The molecule has 0 saturated carbocycles. The summed E-state index contributed by atoms with van der Waals surface area (Å²) in [5, 5.41) is 0.477. The van der Waals surface area contributed by atoms with Gasteiger partial charge in [-0.1, -0.05) is 64.7 Å². The zero-order chi connectivity index (χ0) is 24.5. The molecule has 32 heavy (non-hydrogen) atoms. The van der Waals surface area contributed by atoms with Crippen LogP contribution in [0.15, 0.2) is 18.2 Å². The van der Waals surface area contributed by atoms with Crippen LogP contribution in [0.2, 0.25) is 28.4 Å². The van der Waals surface area contributed by atoms with Gasteiger partial charge in [0.15, 0.2) is 14.1 Å². The fourth-order valence-corrected chi connectivity index (χ4v) is 4.68. The SMILES string of the molecule is Cc1c(Cl)nc(-c2cc(OC[C@@H](CC(C)(C)C)O[Si](C)(C)C(C)(C)C)ccc2F)nc1Cl. The maximum Gasteiger partial charge on any atom is 0.192 e. The molecule has 0 aliphatic rings. The van der Waals surface area contributed by atoms with Gasteiger partial charge in [0.1, 0.15) is 28.5 Å². The molecule has 0 bridgehead atoms. The molecule has 2 aromatic rings. The van der Waals surface area contributed by atoms with Crippen molar-refractivity contribution in [2.75, 3.05) is 6.61 Å². The summed E-state index contributed by atoms with van der Waals surface area (Å²) >= 11 is 12.2. The van der Waals surface area contributed by atoms with Crippen molar-refractivity contribution in [3.8, 4) is 17.1 Å². The predicted octanol–water partition coefficient (Wildman–Crippen LogP) is 8.10. The molecule has 1 aromatic heterocycles. The molecule has 1 atom stereocenters. The van der Waals surface area contributed by atoms with Gasteiger partial charge < -0.3 is 9.16 Å². The first kappa shape index (κ1) is 27.0. The number of aromatic nitrogens is 2. The van der Waals surface area contributed by atoms with E-state index in [1.807, 2.05) is 0 Å². The van der Waals surface area contributed by atoms with Crippen molar-refractivity contribution in [1.29, 1.82) is 0 Å². The van der Waals surface area contributed by atoms with Crippen molar-refractivity contribution in [3.63, 3.8) is 0 Å². The Morgan fingerprint density at radius 1 is 1.03 bits per heavy atom. The van der Waals surface area contributed by atoms with Gasteiger partial charge in [0.05, 0.1) is 11.7 Å². The van der Waals surface area contributed by atoms with Crippen molar-refractivity contribution in [2.24, 2.45) is 5.41 Å². The van der Waals surface area contributed by atoms with Gasteiger partial charge in [0, 0.05) is 5.56 Å². The van der Waals surface area contributed by atoms with E-state index in [0.717, 1.165) is 6.42 Å². The van der Waals surface area contributed by atoms with Gasteiger partial charge in [-0.05, 0) is 55.1 Å². The molecule has 0 spiro atoms. The molecule has 0 saturated heterocycles. The van der Waals surface area contributed by atoms with Crippen LogP contribution in [0, 0.1) is 18.2 Å². The number of rotatable bonds is 7. The standard InChI is InChI=1S/C24H35Cl2FN2O2Si/c1-15-20(25)28-22(29-21(15)26)18-12-16(10-11-19(18)27)30-14-17(13-23(2,3)4)31-32(8,9)24(5,6)7/h10-12,17H,13-14H2,1-9H3/t17-/m1/s1. The summed E-state index contributed by atoms with van der Waals surface area (Å²) in [5.74, 6) is 0.157. The van der Waals surface area contributed by atoms with E-state index in [9.17, 15) is 4.39 Å². The van der Waals surface area contributed by atoms with Gasteiger partial charge in [0.2, 0.25) is 0 Å². The van der Waals surface area contributed by atoms with Gasteiger partial charge in [-0.25, -0.2) is 14.4 Å². The normalized spacial score (nSPS) is 13.9. The summed E-state index contributed by atoms with van der Waals surface area (Å²) in [5.41, 5.74) is 0.815. The Balaban J connectivity index is 2.27. The molecular weight excluding hydrogens is 466 g/mol. The van der Waals surface area contributed by atoms with E-state index in [-0.39, 0.29) is 38.3 Å². The lowest BCUT2D eigenvalue weighted by atomic mass is 9.89. The highest BCUT2D eigenvalue weighted by molar-refractivity contribution is 6.74. The zero-order valence-electron chi connectivity index (χ0n) is 20.6. The Hall–Kier alpha value is -1.21. The van der Waals surface area contributed by atoms with Crippen LogP contribution < -0.4 is 4.74 Å². The first-order valence-corrected chi connectivity index (χ1v) is 14.5. The number of benzene rings is 1. The molecule has 0 aliphatic heterocycles. The van der Waals surface area contributed by atoms with E-state index in [1.54, 1.807) is 19.1 Å². The highest BCUT2D eigenvalue weighted by Gasteiger charge is 2.40.